The van der Waals surface area contributed by atoms with E-state index in [0.29, 0.717) is 19.4 Å². The van der Waals surface area contributed by atoms with Crippen molar-refractivity contribution >= 4 is 12.1 Å². The Kier molecular flexibility index (Phi) is 10.0. The number of carboxylic acids is 1. The molecule has 0 aromatic carbocycles. The van der Waals surface area contributed by atoms with E-state index in [-0.39, 0.29) is 36.0 Å². The molecule has 6 heteroatoms. The van der Waals surface area contributed by atoms with Gasteiger partial charge in [-0.2, -0.15) is 0 Å². The van der Waals surface area contributed by atoms with E-state index in [1.54, 1.807) is 20.8 Å². The van der Waals surface area contributed by atoms with Crippen molar-refractivity contribution in [3.8, 4) is 0 Å². The minimum atomic E-state index is -1.06. The van der Waals surface area contributed by atoms with Gasteiger partial charge < -0.3 is 20.0 Å². The number of amides is 1. The van der Waals surface area contributed by atoms with Crippen molar-refractivity contribution in [1.82, 2.24) is 5.32 Å². The zero-order valence-electron chi connectivity index (χ0n) is 10.5. The number of ether oxygens (including phenoxy) is 1. The molecule has 0 rings (SSSR count). The van der Waals surface area contributed by atoms with Crippen molar-refractivity contribution < 1.29 is 49.0 Å². The maximum absolute atomic E-state index is 11.1. The minimum absolute atomic E-state index is 0. The Bertz CT molecular complexity index is 225. The zero-order valence-corrected chi connectivity index (χ0v) is 12.5. The number of carboxylic acid groups (broad SMARTS) is 1. The van der Waals surface area contributed by atoms with Crippen LogP contribution in [0.25, 0.3) is 0 Å². The zero-order chi connectivity index (χ0) is 11.9. The number of hydrogen-bond acceptors (Lipinski definition) is 4. The molecule has 0 aliphatic rings. The van der Waals surface area contributed by atoms with Gasteiger partial charge in [-0.15, -0.1) is 0 Å². The molecule has 0 radical (unpaired) electrons. The third-order valence-electron chi connectivity index (χ3n) is 1.48. The van der Waals surface area contributed by atoms with Crippen LogP contribution in [-0.4, -0.2) is 24.2 Å². The molecule has 1 amide bonds. The summed E-state index contributed by atoms with van der Waals surface area (Å²) in [7, 11) is 0. The first-order valence-corrected chi connectivity index (χ1v) is 4.98. The van der Waals surface area contributed by atoms with Crippen LogP contribution in [0, 0.1) is 0 Å². The number of unbranched alkanes of at least 4 members (excludes halogenated alkanes) is 1. The molecule has 0 heterocycles. The predicted octanol–water partition coefficient (Wildman–Crippen LogP) is -2.56. The molecule has 0 bridgehead atoms. The Morgan fingerprint density at radius 2 is 1.81 bits per heavy atom. The average Bonchev–Trinajstić information content (AvgIpc) is 1.99. The quantitative estimate of drug-likeness (QED) is 0.423. The van der Waals surface area contributed by atoms with E-state index in [4.69, 9.17) is 4.74 Å². The molecule has 88 valence electrons. The summed E-state index contributed by atoms with van der Waals surface area (Å²) in [4.78, 5) is 21.2. The van der Waals surface area contributed by atoms with E-state index in [2.05, 4.69) is 5.32 Å². The van der Waals surface area contributed by atoms with Crippen LogP contribution in [0.1, 0.15) is 40.0 Å². The second kappa shape index (κ2) is 8.84. The van der Waals surface area contributed by atoms with Gasteiger partial charge in [0.2, 0.25) is 0 Å². The fraction of sp³-hybridized carbons (Fsp3) is 0.800. The summed E-state index contributed by atoms with van der Waals surface area (Å²) in [6.45, 7) is 5.76. The molecule has 1 N–H and O–H groups in total. The summed E-state index contributed by atoms with van der Waals surface area (Å²) < 4.78 is 4.99. The summed E-state index contributed by atoms with van der Waals surface area (Å²) in [6.07, 6.45) is 0.650. The summed E-state index contributed by atoms with van der Waals surface area (Å²) in [5, 5.41) is 12.6. The van der Waals surface area contributed by atoms with Crippen molar-refractivity contribution in [2.45, 2.75) is 45.6 Å². The Hall–Kier alpha value is -0.260. The van der Waals surface area contributed by atoms with E-state index in [9.17, 15) is 14.7 Å². The average molecular weight is 239 g/mol. The number of nitrogens with one attached hydrogen (secondary N) is 1. The minimum Gasteiger partial charge on any atom is -0.550 e. The van der Waals surface area contributed by atoms with E-state index >= 15 is 0 Å². The molecule has 0 aliphatic carbocycles. The number of hydrogen-bond donors (Lipinski definition) is 1. The van der Waals surface area contributed by atoms with Crippen molar-refractivity contribution in [1.29, 1.82) is 0 Å². The van der Waals surface area contributed by atoms with Crippen LogP contribution in [0.3, 0.4) is 0 Å². The third-order valence-corrected chi connectivity index (χ3v) is 1.48. The van der Waals surface area contributed by atoms with Crippen molar-refractivity contribution in [2.24, 2.45) is 0 Å². The molecule has 0 saturated carbocycles. The Labute approximate surface area is 118 Å². The summed E-state index contributed by atoms with van der Waals surface area (Å²) in [5.74, 6) is -1.06. The number of alkyl carbamates (subject to hydrolysis) is 1. The monoisotopic (exact) mass is 239 g/mol. The Balaban J connectivity index is 0. The topological polar surface area (TPSA) is 78.5 Å². The maximum Gasteiger partial charge on any atom is 1.00 e. The maximum atomic E-state index is 11.1. The van der Waals surface area contributed by atoms with Gasteiger partial charge in [0.05, 0.1) is 0 Å². The smallest absolute Gasteiger partial charge is 0.550 e. The van der Waals surface area contributed by atoms with Crippen LogP contribution < -0.4 is 40.0 Å². The first-order valence-electron chi connectivity index (χ1n) is 4.98. The van der Waals surface area contributed by atoms with Gasteiger partial charge in [-0.1, -0.05) is 0 Å². The van der Waals surface area contributed by atoms with E-state index < -0.39 is 17.7 Å². The first kappa shape index (κ1) is 18.1. The second-order valence-corrected chi connectivity index (χ2v) is 4.26. The molecule has 0 aliphatic heterocycles. The van der Waals surface area contributed by atoms with Crippen LogP contribution in [0.15, 0.2) is 0 Å². The fourth-order valence-electron chi connectivity index (χ4n) is 0.899. The molecule has 5 nitrogen and oxygen atoms in total. The fourth-order valence-corrected chi connectivity index (χ4v) is 0.899. The second-order valence-electron chi connectivity index (χ2n) is 4.26. The van der Waals surface area contributed by atoms with Crippen LogP contribution in [0.2, 0.25) is 0 Å². The number of aliphatic carboxylic acids is 1. The summed E-state index contributed by atoms with van der Waals surface area (Å²) in [5.41, 5.74) is -0.505. The largest absolute Gasteiger partial charge is 1.00 e. The third kappa shape index (κ3) is 13.7. The van der Waals surface area contributed by atoms with Gasteiger partial charge in [-0.25, -0.2) is 4.79 Å². The predicted molar refractivity (Wildman–Crippen MR) is 53.1 cm³/mol. The number of rotatable bonds is 5. The molecule has 0 spiro atoms. The molecule has 0 atom stereocenters. The van der Waals surface area contributed by atoms with Gasteiger partial charge in [0, 0.05) is 12.5 Å². The van der Waals surface area contributed by atoms with Crippen molar-refractivity contribution in [2.75, 3.05) is 6.54 Å². The van der Waals surface area contributed by atoms with Crippen molar-refractivity contribution in [3.63, 3.8) is 0 Å². The SMILES string of the molecule is CC(C)(C)OC(=O)NCCCCC(=O)[O-].[Na+]. The standard InChI is InChI=1S/C10H19NO4.Na/c1-10(2,3)15-9(14)11-7-5-4-6-8(12)13;/h4-7H2,1-3H3,(H,11,14)(H,12,13);/q;+1/p-1. The molecule has 0 unspecified atom stereocenters. The van der Waals surface area contributed by atoms with Gasteiger partial charge in [-0.05, 0) is 40.0 Å². The number of carbonyl (C=O) groups is 2. The first-order chi connectivity index (χ1) is 6.81. The Morgan fingerprint density at radius 1 is 1.25 bits per heavy atom. The Morgan fingerprint density at radius 3 is 2.25 bits per heavy atom. The van der Waals surface area contributed by atoms with E-state index in [1.807, 2.05) is 0 Å². The van der Waals surface area contributed by atoms with Gasteiger partial charge in [0.25, 0.3) is 0 Å². The van der Waals surface area contributed by atoms with E-state index in [0.717, 1.165) is 0 Å². The van der Waals surface area contributed by atoms with Gasteiger partial charge >= 0.3 is 35.7 Å². The molecular weight excluding hydrogens is 221 g/mol. The van der Waals surface area contributed by atoms with Crippen LogP contribution in [-0.2, 0) is 9.53 Å². The molecule has 0 saturated heterocycles. The van der Waals surface area contributed by atoms with Crippen molar-refractivity contribution in [3.05, 3.63) is 0 Å². The van der Waals surface area contributed by atoms with Gasteiger partial charge in [0.1, 0.15) is 5.60 Å². The summed E-state index contributed by atoms with van der Waals surface area (Å²) >= 11 is 0. The van der Waals surface area contributed by atoms with Gasteiger partial charge in [0.15, 0.2) is 0 Å². The normalized spacial score (nSPS) is 10.2. The molecular formula is C10H18NNaO4. The molecule has 0 aromatic heterocycles. The van der Waals surface area contributed by atoms with Crippen LogP contribution >= 0.6 is 0 Å². The van der Waals surface area contributed by atoms with Crippen LogP contribution in [0.4, 0.5) is 4.79 Å². The number of carbonyl (C=O) groups excluding carboxylic acids is 2. The molecule has 0 aromatic rings. The van der Waals surface area contributed by atoms with E-state index in [1.165, 1.54) is 0 Å². The molecule has 0 fully saturated rings. The van der Waals surface area contributed by atoms with Crippen LogP contribution in [0.5, 0.6) is 0 Å². The molecule has 16 heavy (non-hydrogen) atoms. The van der Waals surface area contributed by atoms with Gasteiger partial charge in [-0.3, -0.25) is 0 Å². The summed E-state index contributed by atoms with van der Waals surface area (Å²) in [6, 6.07) is 0.